The van der Waals surface area contributed by atoms with Crippen LogP contribution in [0.1, 0.15) is 15.9 Å². The molecule has 3 N–H and O–H groups in total. The normalized spacial score (nSPS) is 20.3. The first-order valence-corrected chi connectivity index (χ1v) is 4.94. The van der Waals surface area contributed by atoms with Crippen molar-refractivity contribution in [3.8, 4) is 0 Å². The van der Waals surface area contributed by atoms with E-state index in [-0.39, 0.29) is 5.78 Å². The summed E-state index contributed by atoms with van der Waals surface area (Å²) in [5.41, 5.74) is 6.95. The van der Waals surface area contributed by atoms with Crippen LogP contribution in [0.2, 0.25) is 0 Å². The highest BCUT2D eigenvalue weighted by molar-refractivity contribution is 8.03. The number of rotatable bonds is 1. The number of hydrogen-bond donors (Lipinski definition) is 2. The highest BCUT2D eigenvalue weighted by Gasteiger charge is 2.24. The number of hydrogen-bond acceptors (Lipinski definition) is 4. The molecule has 0 bridgehead atoms. The molecule has 0 radical (unpaired) electrons. The maximum absolute atomic E-state index is 11.6. The van der Waals surface area contributed by atoms with Gasteiger partial charge in [0, 0.05) is 28.1 Å². The van der Waals surface area contributed by atoms with Crippen molar-refractivity contribution in [2.45, 2.75) is 6.04 Å². The predicted molar refractivity (Wildman–Crippen MR) is 56.9 cm³/mol. The average Bonchev–Trinajstić information content (AvgIpc) is 2.23. The van der Waals surface area contributed by atoms with Crippen LogP contribution in [0.3, 0.4) is 0 Å². The van der Waals surface area contributed by atoms with Crippen molar-refractivity contribution in [3.05, 3.63) is 41.5 Å². The molecule has 0 saturated heterocycles. The Kier molecular flexibility index (Phi) is 2.41. The second-order valence-electron chi connectivity index (χ2n) is 3.06. The zero-order valence-corrected chi connectivity index (χ0v) is 8.12. The van der Waals surface area contributed by atoms with Crippen molar-refractivity contribution >= 4 is 22.7 Å². The molecule has 0 heterocycles. The van der Waals surface area contributed by atoms with Gasteiger partial charge in [-0.3, -0.25) is 4.79 Å². The van der Waals surface area contributed by atoms with Gasteiger partial charge in [-0.05, 0) is 6.08 Å². The first kappa shape index (κ1) is 9.45. The van der Waals surface area contributed by atoms with Gasteiger partial charge in [-0.1, -0.05) is 24.3 Å². The minimum atomic E-state index is -0.639. The van der Waals surface area contributed by atoms with E-state index in [4.69, 9.17) is 10.3 Å². The van der Waals surface area contributed by atoms with Crippen LogP contribution in [0.25, 0.3) is 4.91 Å². The summed E-state index contributed by atoms with van der Waals surface area (Å²) in [5, 5.41) is 0. The standard InChI is InChI=1S/C10H9NO2S/c11-8-5-9(14-13)6-3-1-2-4-7(6)10(8)12/h1-5,8,13H,11H2. The average molecular weight is 207 g/mol. The molecule has 1 atom stereocenters. The molecule has 0 aliphatic heterocycles. The molecule has 14 heavy (non-hydrogen) atoms. The second kappa shape index (κ2) is 3.57. The zero-order chi connectivity index (χ0) is 10.1. The van der Waals surface area contributed by atoms with Crippen LogP contribution >= 0.6 is 12.0 Å². The molecule has 1 aromatic rings. The Morgan fingerprint density at radius 2 is 1.93 bits per heavy atom. The Labute approximate surface area is 85.8 Å². The SMILES string of the molecule is NC1C=C(SO)c2ccccc2C1=O. The summed E-state index contributed by atoms with van der Waals surface area (Å²) < 4.78 is 9.02. The second-order valence-corrected chi connectivity index (χ2v) is 3.68. The molecule has 1 unspecified atom stereocenters. The Morgan fingerprint density at radius 1 is 1.29 bits per heavy atom. The summed E-state index contributed by atoms with van der Waals surface area (Å²) in [7, 11) is 0. The molecular formula is C10H9NO2S. The summed E-state index contributed by atoms with van der Waals surface area (Å²) in [5.74, 6) is -0.0987. The third-order valence-corrected chi connectivity index (χ3v) is 2.74. The summed E-state index contributed by atoms with van der Waals surface area (Å²) in [6.45, 7) is 0. The maximum Gasteiger partial charge on any atom is 0.184 e. The Morgan fingerprint density at radius 3 is 2.57 bits per heavy atom. The lowest BCUT2D eigenvalue weighted by atomic mass is 9.93. The number of benzene rings is 1. The fraction of sp³-hybridized carbons (Fsp3) is 0.100. The number of carbonyl (C=O) groups is 1. The summed E-state index contributed by atoms with van der Waals surface area (Å²) >= 11 is 0.623. The van der Waals surface area contributed by atoms with E-state index in [2.05, 4.69) is 0 Å². The van der Waals surface area contributed by atoms with Gasteiger partial charge in [0.25, 0.3) is 0 Å². The quantitative estimate of drug-likeness (QED) is 0.689. The lowest BCUT2D eigenvalue weighted by Gasteiger charge is -2.18. The maximum atomic E-state index is 11.6. The molecule has 1 aliphatic carbocycles. The molecule has 72 valence electrons. The van der Waals surface area contributed by atoms with Gasteiger partial charge in [0.15, 0.2) is 5.78 Å². The summed E-state index contributed by atoms with van der Waals surface area (Å²) in [6, 6.07) is 6.50. The lowest BCUT2D eigenvalue weighted by Crippen LogP contribution is -2.31. The molecule has 1 aromatic carbocycles. The minimum absolute atomic E-state index is 0.0987. The van der Waals surface area contributed by atoms with E-state index >= 15 is 0 Å². The lowest BCUT2D eigenvalue weighted by molar-refractivity contribution is 0.0976. The van der Waals surface area contributed by atoms with Crippen LogP contribution in [0, 0.1) is 0 Å². The van der Waals surface area contributed by atoms with Crippen LogP contribution in [-0.2, 0) is 0 Å². The highest BCUT2D eigenvalue weighted by atomic mass is 32.2. The molecular weight excluding hydrogens is 198 g/mol. The van der Waals surface area contributed by atoms with Crippen molar-refractivity contribution in [1.82, 2.24) is 0 Å². The molecule has 0 amide bonds. The molecule has 1 aliphatic rings. The number of Topliss-reactive ketones (excluding diaryl/α,β-unsaturated/α-hetero) is 1. The monoisotopic (exact) mass is 207 g/mol. The van der Waals surface area contributed by atoms with Gasteiger partial charge in [0.1, 0.15) is 0 Å². The van der Waals surface area contributed by atoms with Crippen molar-refractivity contribution in [2.24, 2.45) is 5.73 Å². The molecule has 0 fully saturated rings. The van der Waals surface area contributed by atoms with Crippen LogP contribution in [0.15, 0.2) is 30.3 Å². The van der Waals surface area contributed by atoms with Crippen molar-refractivity contribution in [2.75, 3.05) is 0 Å². The molecule has 0 saturated carbocycles. The van der Waals surface area contributed by atoms with Crippen LogP contribution in [0.4, 0.5) is 0 Å². The zero-order valence-electron chi connectivity index (χ0n) is 7.31. The van der Waals surface area contributed by atoms with Crippen molar-refractivity contribution in [1.29, 1.82) is 0 Å². The largest absolute Gasteiger partial charge is 0.325 e. The van der Waals surface area contributed by atoms with Gasteiger partial charge in [0.2, 0.25) is 0 Å². The van der Waals surface area contributed by atoms with E-state index in [0.29, 0.717) is 22.5 Å². The first-order chi connectivity index (χ1) is 6.74. The molecule has 2 rings (SSSR count). The minimum Gasteiger partial charge on any atom is -0.325 e. The van der Waals surface area contributed by atoms with Gasteiger partial charge in [-0.15, -0.1) is 0 Å². The Bertz CT molecular complexity index is 414. The third-order valence-electron chi connectivity index (χ3n) is 2.19. The van der Waals surface area contributed by atoms with Crippen LogP contribution in [-0.4, -0.2) is 16.4 Å². The number of carbonyl (C=O) groups excluding carboxylic acids is 1. The number of nitrogens with two attached hydrogens (primary N) is 1. The molecule has 4 heteroatoms. The fourth-order valence-corrected chi connectivity index (χ4v) is 1.98. The van der Waals surface area contributed by atoms with E-state index in [9.17, 15) is 4.79 Å². The summed E-state index contributed by atoms with van der Waals surface area (Å²) in [6.07, 6.45) is 1.58. The Balaban J connectivity index is 2.60. The van der Waals surface area contributed by atoms with E-state index in [1.54, 1.807) is 24.3 Å². The summed E-state index contributed by atoms with van der Waals surface area (Å²) in [4.78, 5) is 12.3. The molecule has 3 nitrogen and oxygen atoms in total. The van der Waals surface area contributed by atoms with Gasteiger partial charge in [-0.25, -0.2) is 0 Å². The topological polar surface area (TPSA) is 63.3 Å². The third kappa shape index (κ3) is 1.37. The molecule has 0 spiro atoms. The predicted octanol–water partition coefficient (Wildman–Crippen LogP) is 1.76. The van der Waals surface area contributed by atoms with Gasteiger partial charge in [-0.2, -0.15) is 0 Å². The van der Waals surface area contributed by atoms with E-state index < -0.39 is 6.04 Å². The van der Waals surface area contributed by atoms with Gasteiger partial charge >= 0.3 is 0 Å². The first-order valence-electron chi connectivity index (χ1n) is 4.16. The van der Waals surface area contributed by atoms with E-state index in [1.165, 1.54) is 0 Å². The number of ketones is 1. The van der Waals surface area contributed by atoms with Gasteiger partial charge < -0.3 is 10.3 Å². The van der Waals surface area contributed by atoms with E-state index in [1.807, 2.05) is 6.07 Å². The van der Waals surface area contributed by atoms with E-state index in [0.717, 1.165) is 5.56 Å². The van der Waals surface area contributed by atoms with Crippen LogP contribution < -0.4 is 5.73 Å². The highest BCUT2D eigenvalue weighted by Crippen LogP contribution is 2.32. The smallest absolute Gasteiger partial charge is 0.184 e. The van der Waals surface area contributed by atoms with Crippen LogP contribution in [0.5, 0.6) is 0 Å². The number of fused-ring (bicyclic) bond motifs is 1. The van der Waals surface area contributed by atoms with Crippen molar-refractivity contribution in [3.63, 3.8) is 0 Å². The molecule has 0 aromatic heterocycles. The Hall–Kier alpha value is -1.10. The fourth-order valence-electron chi connectivity index (χ4n) is 1.50. The van der Waals surface area contributed by atoms with Crippen molar-refractivity contribution < 1.29 is 9.35 Å². The van der Waals surface area contributed by atoms with Gasteiger partial charge in [0.05, 0.1) is 6.04 Å².